The molecule has 0 bridgehead atoms. The normalized spacial score (nSPS) is 20.4. The standard InChI is InChI=1S/C10H14O4/c1-7(2)10(12)13-4-3-8-5-9(11)14-6-8/h8H,1,3-6H2,2H3. The van der Waals surface area contributed by atoms with E-state index in [0.29, 0.717) is 31.6 Å². The molecule has 0 aromatic rings. The van der Waals surface area contributed by atoms with E-state index >= 15 is 0 Å². The molecule has 0 saturated carbocycles. The molecule has 1 heterocycles. The lowest BCUT2D eigenvalue weighted by atomic mass is 10.1. The number of hydrogen-bond acceptors (Lipinski definition) is 4. The third kappa shape index (κ3) is 3.20. The zero-order chi connectivity index (χ0) is 10.6. The lowest BCUT2D eigenvalue weighted by Gasteiger charge is -2.06. The van der Waals surface area contributed by atoms with Gasteiger partial charge in [0.05, 0.1) is 19.6 Å². The van der Waals surface area contributed by atoms with Crippen LogP contribution in [0.15, 0.2) is 12.2 Å². The highest BCUT2D eigenvalue weighted by atomic mass is 16.5. The molecule has 0 radical (unpaired) electrons. The van der Waals surface area contributed by atoms with E-state index in [1.807, 2.05) is 0 Å². The third-order valence-electron chi connectivity index (χ3n) is 2.04. The summed E-state index contributed by atoms with van der Waals surface area (Å²) >= 11 is 0. The molecule has 4 nitrogen and oxygen atoms in total. The summed E-state index contributed by atoms with van der Waals surface area (Å²) in [4.78, 5) is 21.7. The summed E-state index contributed by atoms with van der Waals surface area (Å²) in [6.07, 6.45) is 1.11. The highest BCUT2D eigenvalue weighted by Crippen LogP contribution is 2.17. The van der Waals surface area contributed by atoms with Gasteiger partial charge < -0.3 is 9.47 Å². The zero-order valence-electron chi connectivity index (χ0n) is 8.25. The summed E-state index contributed by atoms with van der Waals surface area (Å²) in [6.45, 7) is 5.84. The molecule has 4 heteroatoms. The molecule has 78 valence electrons. The Hall–Kier alpha value is -1.32. The average molecular weight is 198 g/mol. The van der Waals surface area contributed by atoms with Gasteiger partial charge in [-0.25, -0.2) is 4.79 Å². The molecule has 1 saturated heterocycles. The van der Waals surface area contributed by atoms with Crippen molar-refractivity contribution in [3.8, 4) is 0 Å². The second-order valence-electron chi connectivity index (χ2n) is 3.46. The van der Waals surface area contributed by atoms with E-state index in [2.05, 4.69) is 6.58 Å². The van der Waals surface area contributed by atoms with E-state index in [4.69, 9.17) is 9.47 Å². The summed E-state index contributed by atoms with van der Waals surface area (Å²) in [7, 11) is 0. The molecule has 14 heavy (non-hydrogen) atoms. The molecule has 0 aromatic carbocycles. The van der Waals surface area contributed by atoms with E-state index < -0.39 is 0 Å². The molecule has 1 atom stereocenters. The largest absolute Gasteiger partial charge is 0.465 e. The summed E-state index contributed by atoms with van der Waals surface area (Å²) in [5, 5.41) is 0. The van der Waals surface area contributed by atoms with Crippen molar-refractivity contribution in [3.63, 3.8) is 0 Å². The number of carbonyl (C=O) groups excluding carboxylic acids is 2. The van der Waals surface area contributed by atoms with Crippen LogP contribution in [-0.4, -0.2) is 25.2 Å². The maximum absolute atomic E-state index is 11.0. The van der Waals surface area contributed by atoms with Crippen molar-refractivity contribution in [2.45, 2.75) is 19.8 Å². The Bertz CT molecular complexity index is 257. The molecule has 1 unspecified atom stereocenters. The first-order valence-electron chi connectivity index (χ1n) is 4.58. The topological polar surface area (TPSA) is 52.6 Å². The van der Waals surface area contributed by atoms with Crippen LogP contribution in [0.25, 0.3) is 0 Å². The van der Waals surface area contributed by atoms with Gasteiger partial charge in [0.25, 0.3) is 0 Å². The molecule has 1 aliphatic rings. The Kier molecular flexibility index (Phi) is 3.68. The van der Waals surface area contributed by atoms with Crippen molar-refractivity contribution in [1.29, 1.82) is 0 Å². The van der Waals surface area contributed by atoms with Crippen molar-refractivity contribution < 1.29 is 19.1 Å². The molecule has 0 spiro atoms. The smallest absolute Gasteiger partial charge is 0.333 e. The summed E-state index contributed by atoms with van der Waals surface area (Å²) in [6, 6.07) is 0. The van der Waals surface area contributed by atoms with Gasteiger partial charge in [0.1, 0.15) is 0 Å². The summed E-state index contributed by atoms with van der Waals surface area (Å²) < 4.78 is 9.67. The fourth-order valence-corrected chi connectivity index (χ4v) is 1.19. The molecular formula is C10H14O4. The first kappa shape index (κ1) is 10.8. The van der Waals surface area contributed by atoms with E-state index in [9.17, 15) is 9.59 Å². The van der Waals surface area contributed by atoms with Crippen LogP contribution in [0.4, 0.5) is 0 Å². The SMILES string of the molecule is C=C(C)C(=O)OCCC1COC(=O)C1. The highest BCUT2D eigenvalue weighted by Gasteiger charge is 2.23. The van der Waals surface area contributed by atoms with Gasteiger partial charge in [-0.15, -0.1) is 0 Å². The van der Waals surface area contributed by atoms with Crippen LogP contribution in [0, 0.1) is 5.92 Å². The molecular weight excluding hydrogens is 184 g/mol. The average Bonchev–Trinajstić information content (AvgIpc) is 2.51. The zero-order valence-corrected chi connectivity index (χ0v) is 8.25. The van der Waals surface area contributed by atoms with Gasteiger partial charge in [0.2, 0.25) is 0 Å². The monoisotopic (exact) mass is 198 g/mol. The Morgan fingerprint density at radius 1 is 1.71 bits per heavy atom. The lowest BCUT2D eigenvalue weighted by molar-refractivity contribution is -0.139. The van der Waals surface area contributed by atoms with E-state index in [1.165, 1.54) is 0 Å². The van der Waals surface area contributed by atoms with E-state index in [1.54, 1.807) is 6.92 Å². The van der Waals surface area contributed by atoms with Crippen molar-refractivity contribution in [2.75, 3.05) is 13.2 Å². The Morgan fingerprint density at radius 3 is 2.93 bits per heavy atom. The predicted molar refractivity (Wildman–Crippen MR) is 49.5 cm³/mol. The summed E-state index contributed by atoms with van der Waals surface area (Å²) in [5.74, 6) is -0.350. The molecule has 0 aromatic heterocycles. The van der Waals surface area contributed by atoms with Crippen LogP contribution in [0.5, 0.6) is 0 Å². The van der Waals surface area contributed by atoms with Gasteiger partial charge in [-0.2, -0.15) is 0 Å². The van der Waals surface area contributed by atoms with Gasteiger partial charge in [0.15, 0.2) is 0 Å². The van der Waals surface area contributed by atoms with Crippen LogP contribution < -0.4 is 0 Å². The van der Waals surface area contributed by atoms with Crippen LogP contribution in [-0.2, 0) is 19.1 Å². The molecule has 0 amide bonds. The van der Waals surface area contributed by atoms with Crippen molar-refractivity contribution >= 4 is 11.9 Å². The van der Waals surface area contributed by atoms with E-state index in [0.717, 1.165) is 0 Å². The minimum Gasteiger partial charge on any atom is -0.465 e. The van der Waals surface area contributed by atoms with Crippen LogP contribution >= 0.6 is 0 Å². The number of esters is 2. The Morgan fingerprint density at radius 2 is 2.43 bits per heavy atom. The van der Waals surface area contributed by atoms with Crippen LogP contribution in [0.3, 0.4) is 0 Å². The molecule has 1 rings (SSSR count). The Labute approximate surface area is 82.9 Å². The fourth-order valence-electron chi connectivity index (χ4n) is 1.19. The minimum absolute atomic E-state index is 0.166. The summed E-state index contributed by atoms with van der Waals surface area (Å²) in [5.41, 5.74) is 0.392. The fraction of sp³-hybridized carbons (Fsp3) is 0.600. The third-order valence-corrected chi connectivity index (χ3v) is 2.04. The molecule has 0 aliphatic carbocycles. The van der Waals surface area contributed by atoms with Crippen LogP contribution in [0.1, 0.15) is 19.8 Å². The van der Waals surface area contributed by atoms with Gasteiger partial charge in [-0.3, -0.25) is 4.79 Å². The predicted octanol–water partition coefficient (Wildman–Crippen LogP) is 1.06. The maximum atomic E-state index is 11.0. The molecule has 1 fully saturated rings. The van der Waals surface area contributed by atoms with Gasteiger partial charge in [-0.05, 0) is 13.3 Å². The lowest BCUT2D eigenvalue weighted by Crippen LogP contribution is -2.10. The number of ether oxygens (including phenoxy) is 2. The second-order valence-corrected chi connectivity index (χ2v) is 3.46. The first-order chi connectivity index (χ1) is 6.59. The Balaban J connectivity index is 2.13. The number of carbonyl (C=O) groups is 2. The van der Waals surface area contributed by atoms with Crippen molar-refractivity contribution in [2.24, 2.45) is 5.92 Å². The molecule has 1 aliphatic heterocycles. The first-order valence-corrected chi connectivity index (χ1v) is 4.58. The van der Waals surface area contributed by atoms with Gasteiger partial charge in [0, 0.05) is 11.5 Å². The van der Waals surface area contributed by atoms with E-state index in [-0.39, 0.29) is 17.9 Å². The van der Waals surface area contributed by atoms with Gasteiger partial charge >= 0.3 is 11.9 Å². The van der Waals surface area contributed by atoms with Crippen molar-refractivity contribution in [3.05, 3.63) is 12.2 Å². The minimum atomic E-state index is -0.379. The number of hydrogen-bond donors (Lipinski definition) is 0. The molecule has 0 N–H and O–H groups in total. The highest BCUT2D eigenvalue weighted by molar-refractivity contribution is 5.86. The van der Waals surface area contributed by atoms with Crippen LogP contribution in [0.2, 0.25) is 0 Å². The van der Waals surface area contributed by atoms with Gasteiger partial charge in [-0.1, -0.05) is 6.58 Å². The number of rotatable bonds is 4. The number of cyclic esters (lactones) is 1. The second kappa shape index (κ2) is 4.79. The maximum Gasteiger partial charge on any atom is 0.333 e. The van der Waals surface area contributed by atoms with Crippen molar-refractivity contribution in [1.82, 2.24) is 0 Å². The quantitative estimate of drug-likeness (QED) is 0.500.